The smallest absolute Gasteiger partial charge is 0.144 e. The summed E-state index contributed by atoms with van der Waals surface area (Å²) < 4.78 is 23.9. The van der Waals surface area contributed by atoms with E-state index >= 15 is 0 Å². The number of ether oxygens (including phenoxy) is 4. The van der Waals surface area contributed by atoms with Crippen LogP contribution in [-0.2, 0) is 0 Å². The van der Waals surface area contributed by atoms with E-state index < -0.39 is 0 Å². The van der Waals surface area contributed by atoms with Crippen molar-refractivity contribution in [3.63, 3.8) is 0 Å². The molecule has 2 heterocycles. The maximum Gasteiger partial charge on any atom is 0.144 e. The van der Waals surface area contributed by atoms with Gasteiger partial charge in [0.05, 0.1) is 15.7 Å². The van der Waals surface area contributed by atoms with Crippen molar-refractivity contribution in [1.29, 1.82) is 0 Å². The Balaban J connectivity index is 0.000000216. The van der Waals surface area contributed by atoms with Crippen LogP contribution in [0.25, 0.3) is 0 Å². The molecule has 2 N–H and O–H groups in total. The topological polar surface area (TPSA) is 69.4 Å². The minimum atomic E-state index is -0.263. The molecular weight excluding hydrogens is 681 g/mol. The molecule has 2 atom stereocenters. The normalized spacial score (nSPS) is 20.5. The van der Waals surface area contributed by atoms with E-state index in [0.717, 1.165) is 63.6 Å². The van der Waals surface area contributed by atoms with Crippen LogP contribution in [0.3, 0.4) is 0 Å². The molecule has 49 heavy (non-hydrogen) atoms. The Labute approximate surface area is 306 Å². The van der Waals surface area contributed by atoms with Crippen molar-refractivity contribution in [3.8, 4) is 23.0 Å². The molecule has 2 unspecified atom stereocenters. The standard InChI is InChI=1S/C19H21Cl2NO2.C19H23ClN2O2.CH4/c2*1-19(24-17-9-5-8-16(20)18(17)21)10-11-22(14-19)12-13-23-15-6-3-2-4-7-15;/h2-9H,10-14H2,1H3;2-9H,10-14,21H2,1H3;1H4. The summed E-state index contributed by atoms with van der Waals surface area (Å²) in [5.41, 5.74) is 5.99. The number of hydrogen-bond acceptors (Lipinski definition) is 7. The largest absolute Gasteiger partial charge is 0.492 e. The zero-order chi connectivity index (χ0) is 34.0. The van der Waals surface area contributed by atoms with Crippen LogP contribution in [0.1, 0.15) is 34.1 Å². The first-order valence-corrected chi connectivity index (χ1v) is 17.4. The van der Waals surface area contributed by atoms with E-state index in [9.17, 15) is 0 Å². The number of nitrogens with zero attached hydrogens (tertiary/aromatic N) is 2. The van der Waals surface area contributed by atoms with Crippen LogP contribution >= 0.6 is 34.8 Å². The molecule has 6 rings (SSSR count). The summed E-state index contributed by atoms with van der Waals surface area (Å²) in [6.07, 6.45) is 1.89. The van der Waals surface area contributed by atoms with Crippen LogP contribution in [0.15, 0.2) is 97.1 Å². The molecule has 0 amide bonds. The van der Waals surface area contributed by atoms with Crippen LogP contribution in [0.5, 0.6) is 23.0 Å². The van der Waals surface area contributed by atoms with Crippen LogP contribution in [0, 0.1) is 0 Å². The number of halogens is 3. The molecule has 4 aromatic carbocycles. The second-order valence-electron chi connectivity index (χ2n) is 12.7. The van der Waals surface area contributed by atoms with Crippen molar-refractivity contribution < 1.29 is 18.9 Å². The Morgan fingerprint density at radius 2 is 1.06 bits per heavy atom. The van der Waals surface area contributed by atoms with E-state index in [4.69, 9.17) is 59.5 Å². The molecule has 4 aromatic rings. The lowest BCUT2D eigenvalue weighted by atomic mass is 10.1. The number of nitrogens with two attached hydrogens (primary N) is 1. The highest BCUT2D eigenvalue weighted by atomic mass is 35.5. The van der Waals surface area contributed by atoms with Gasteiger partial charge >= 0.3 is 0 Å². The zero-order valence-corrected chi connectivity index (χ0v) is 29.8. The van der Waals surface area contributed by atoms with Crippen LogP contribution in [0.4, 0.5) is 5.69 Å². The zero-order valence-electron chi connectivity index (χ0n) is 27.5. The average molecular weight is 729 g/mol. The number of anilines is 1. The molecule has 0 saturated carbocycles. The van der Waals surface area contributed by atoms with E-state index in [2.05, 4.69) is 23.6 Å². The van der Waals surface area contributed by atoms with Gasteiger partial charge in [0.1, 0.15) is 52.4 Å². The monoisotopic (exact) mass is 727 g/mol. The van der Waals surface area contributed by atoms with Gasteiger partial charge in [0.2, 0.25) is 0 Å². The second kappa shape index (κ2) is 18.1. The number of hydrogen-bond donors (Lipinski definition) is 1. The van der Waals surface area contributed by atoms with Crippen molar-refractivity contribution in [2.24, 2.45) is 0 Å². The van der Waals surface area contributed by atoms with E-state index in [1.165, 1.54) is 0 Å². The first-order chi connectivity index (χ1) is 23.1. The Bertz CT molecular complexity index is 1480. The molecule has 0 spiro atoms. The Hall–Kier alpha value is -3.33. The molecule has 0 aliphatic carbocycles. The van der Waals surface area contributed by atoms with Gasteiger partial charge in [-0.25, -0.2) is 0 Å². The predicted octanol–water partition coefficient (Wildman–Crippen LogP) is 9.40. The lowest BCUT2D eigenvalue weighted by Crippen LogP contribution is -2.37. The Morgan fingerprint density at radius 1 is 0.612 bits per heavy atom. The van der Waals surface area contributed by atoms with Gasteiger partial charge < -0.3 is 24.7 Å². The molecule has 2 fully saturated rings. The van der Waals surface area contributed by atoms with E-state index in [-0.39, 0.29) is 18.6 Å². The number of rotatable bonds is 12. The predicted molar refractivity (Wildman–Crippen MR) is 203 cm³/mol. The molecule has 2 aliphatic heterocycles. The average Bonchev–Trinajstić information content (AvgIpc) is 3.64. The summed E-state index contributed by atoms with van der Waals surface area (Å²) in [6, 6.07) is 30.7. The van der Waals surface area contributed by atoms with Gasteiger partial charge in [0.25, 0.3) is 0 Å². The molecule has 2 saturated heterocycles. The minimum Gasteiger partial charge on any atom is -0.492 e. The lowest BCUT2D eigenvalue weighted by molar-refractivity contribution is 0.0934. The van der Waals surface area contributed by atoms with E-state index in [1.54, 1.807) is 12.1 Å². The summed E-state index contributed by atoms with van der Waals surface area (Å²) in [7, 11) is 0. The van der Waals surface area contributed by atoms with Crippen LogP contribution in [-0.4, -0.2) is 73.5 Å². The number of benzene rings is 4. The van der Waals surface area contributed by atoms with Crippen molar-refractivity contribution in [2.75, 3.05) is 58.2 Å². The minimum absolute atomic E-state index is 0. The van der Waals surface area contributed by atoms with Crippen LogP contribution < -0.4 is 24.7 Å². The molecule has 0 radical (unpaired) electrons. The maximum absolute atomic E-state index is 6.23. The van der Waals surface area contributed by atoms with Gasteiger partial charge in [-0.2, -0.15) is 0 Å². The second-order valence-corrected chi connectivity index (χ2v) is 13.9. The Morgan fingerprint density at radius 3 is 1.57 bits per heavy atom. The van der Waals surface area contributed by atoms with Crippen molar-refractivity contribution in [1.82, 2.24) is 9.80 Å². The number of para-hydroxylation sites is 3. The molecule has 0 aromatic heterocycles. The van der Waals surface area contributed by atoms with Gasteiger partial charge in [0.15, 0.2) is 0 Å². The van der Waals surface area contributed by atoms with Gasteiger partial charge in [-0.05, 0) is 62.4 Å². The van der Waals surface area contributed by atoms with Crippen molar-refractivity contribution >= 4 is 40.5 Å². The van der Waals surface area contributed by atoms with Crippen LogP contribution in [0.2, 0.25) is 15.1 Å². The molecule has 2 aliphatic rings. The third-order valence-corrected chi connectivity index (χ3v) is 9.64. The fourth-order valence-electron chi connectivity index (χ4n) is 5.92. The van der Waals surface area contributed by atoms with Gasteiger partial charge in [-0.1, -0.05) is 90.8 Å². The highest BCUT2D eigenvalue weighted by molar-refractivity contribution is 6.42. The highest BCUT2D eigenvalue weighted by Gasteiger charge is 2.37. The van der Waals surface area contributed by atoms with E-state index in [0.29, 0.717) is 45.5 Å². The fraction of sp³-hybridized carbons (Fsp3) is 0.385. The lowest BCUT2D eigenvalue weighted by Gasteiger charge is -2.27. The first kappa shape index (κ1) is 38.5. The number of nitrogen functional groups attached to an aromatic ring is 1. The maximum atomic E-state index is 6.23. The fourth-order valence-corrected chi connectivity index (χ4v) is 6.41. The SMILES string of the molecule is C.CC1(Oc2cccc(Cl)c2Cl)CCN(CCOc2ccccc2)C1.CC1(Oc2cccc(Cl)c2N)CCN(CCOc2ccccc2)C1. The molecule has 0 bridgehead atoms. The summed E-state index contributed by atoms with van der Waals surface area (Å²) in [5, 5.41) is 1.53. The van der Waals surface area contributed by atoms with Gasteiger partial charge in [-0.15, -0.1) is 0 Å². The molecule has 10 heteroatoms. The Kier molecular flexibility index (Phi) is 14.2. The van der Waals surface area contributed by atoms with Gasteiger partial charge in [-0.3, -0.25) is 9.80 Å². The third kappa shape index (κ3) is 11.3. The van der Waals surface area contributed by atoms with Crippen molar-refractivity contribution in [2.45, 2.75) is 45.3 Å². The molecule has 7 nitrogen and oxygen atoms in total. The summed E-state index contributed by atoms with van der Waals surface area (Å²) in [4.78, 5) is 4.70. The highest BCUT2D eigenvalue weighted by Crippen LogP contribution is 2.37. The van der Waals surface area contributed by atoms with Gasteiger partial charge in [0, 0.05) is 52.1 Å². The summed E-state index contributed by atoms with van der Waals surface area (Å²) in [6.45, 7) is 11.0. The molecular formula is C39H48Cl3N3O4. The first-order valence-electron chi connectivity index (χ1n) is 16.3. The number of likely N-dealkylation sites (tertiary alicyclic amines) is 2. The van der Waals surface area contributed by atoms with E-state index in [1.807, 2.05) is 84.9 Å². The molecule has 264 valence electrons. The summed E-state index contributed by atoms with van der Waals surface area (Å²) in [5.74, 6) is 3.12. The summed E-state index contributed by atoms with van der Waals surface area (Å²) >= 11 is 18.4. The quantitative estimate of drug-likeness (QED) is 0.146. The third-order valence-electron chi connectivity index (χ3n) is 8.51. The van der Waals surface area contributed by atoms with Crippen molar-refractivity contribution in [3.05, 3.63) is 112 Å².